The molecule has 0 amide bonds. The molecular weight excluding hydrogens is 585 g/mol. The van der Waals surface area contributed by atoms with Crippen molar-refractivity contribution in [2.75, 3.05) is 0 Å². The molecule has 0 N–H and O–H groups in total. The van der Waals surface area contributed by atoms with E-state index in [1.165, 1.54) is 0 Å². The van der Waals surface area contributed by atoms with Crippen molar-refractivity contribution in [3.8, 4) is 23.0 Å². The third-order valence-electron chi connectivity index (χ3n) is 7.33. The summed E-state index contributed by atoms with van der Waals surface area (Å²) in [5.41, 5.74) is 1.40. The number of benzene rings is 5. The van der Waals surface area contributed by atoms with Crippen LogP contribution in [0.1, 0.15) is 47.8 Å². The quantitative estimate of drug-likeness (QED) is 0.127. The van der Waals surface area contributed by atoms with Crippen LogP contribution in [0.2, 0.25) is 0 Å². The van der Waals surface area contributed by atoms with Crippen LogP contribution >= 0.6 is 25.3 Å². The fraction of sp³-hybridized carbons (Fsp3) is 0.0294. The topological polar surface area (TPSA) is 88.1 Å². The van der Waals surface area contributed by atoms with Crippen molar-refractivity contribution in [3.63, 3.8) is 0 Å². The summed E-state index contributed by atoms with van der Waals surface area (Å²) >= 11 is 8.70. The molecule has 0 fully saturated rings. The fourth-order valence-corrected chi connectivity index (χ4v) is 5.88. The monoisotopic (exact) mass is 604 g/mol. The number of rotatable bonds is 4. The van der Waals surface area contributed by atoms with Gasteiger partial charge in [0.15, 0.2) is 5.60 Å². The summed E-state index contributed by atoms with van der Waals surface area (Å²) in [6.07, 6.45) is 0. The van der Waals surface area contributed by atoms with Gasteiger partial charge in [0.2, 0.25) is 0 Å². The molecule has 5 aromatic rings. The van der Waals surface area contributed by atoms with Crippen molar-refractivity contribution < 1.29 is 33.3 Å². The van der Waals surface area contributed by atoms with E-state index in [-0.39, 0.29) is 11.5 Å². The van der Waals surface area contributed by atoms with Gasteiger partial charge in [-0.25, -0.2) is 14.4 Å². The molecule has 1 spiro atoms. The Bertz CT molecular complexity index is 1880. The number of ether oxygens (including phenoxy) is 4. The van der Waals surface area contributed by atoms with Gasteiger partial charge >= 0.3 is 17.9 Å². The van der Waals surface area contributed by atoms with Crippen molar-refractivity contribution in [1.29, 1.82) is 0 Å². The Labute approximate surface area is 256 Å². The molecular formula is C34H20O7S2. The van der Waals surface area contributed by atoms with E-state index in [0.717, 1.165) is 0 Å². The zero-order valence-electron chi connectivity index (χ0n) is 22.1. The van der Waals surface area contributed by atoms with Gasteiger partial charge in [-0.3, -0.25) is 0 Å². The highest BCUT2D eigenvalue weighted by atomic mass is 32.1. The molecule has 0 aromatic heterocycles. The maximum absolute atomic E-state index is 13.1. The highest BCUT2D eigenvalue weighted by molar-refractivity contribution is 7.80. The molecule has 0 saturated carbocycles. The van der Waals surface area contributed by atoms with Crippen LogP contribution in [-0.2, 0) is 10.3 Å². The summed E-state index contributed by atoms with van der Waals surface area (Å²) in [4.78, 5) is 39.9. The molecule has 0 aliphatic carbocycles. The normalized spacial score (nSPS) is 13.7. The number of esters is 3. The van der Waals surface area contributed by atoms with E-state index in [1.807, 2.05) is 12.1 Å². The van der Waals surface area contributed by atoms with E-state index in [0.29, 0.717) is 54.7 Å². The molecule has 43 heavy (non-hydrogen) atoms. The third-order valence-corrected chi connectivity index (χ3v) is 8.11. The number of carbonyl (C=O) groups excluding carboxylic acids is 3. The minimum atomic E-state index is -1.35. The zero-order chi connectivity index (χ0) is 29.7. The van der Waals surface area contributed by atoms with Gasteiger partial charge < -0.3 is 18.9 Å². The Morgan fingerprint density at radius 2 is 1.09 bits per heavy atom. The van der Waals surface area contributed by atoms with Gasteiger partial charge in [0.25, 0.3) is 0 Å². The molecule has 2 heterocycles. The molecule has 5 aromatic carbocycles. The lowest BCUT2D eigenvalue weighted by Gasteiger charge is -2.36. The maximum Gasteiger partial charge on any atom is 0.344 e. The summed E-state index contributed by atoms with van der Waals surface area (Å²) in [6, 6.07) is 30.5. The van der Waals surface area contributed by atoms with Gasteiger partial charge in [-0.15, -0.1) is 25.3 Å². The van der Waals surface area contributed by atoms with Crippen LogP contribution in [0.5, 0.6) is 23.0 Å². The first kappa shape index (κ1) is 26.9. The lowest BCUT2D eigenvalue weighted by molar-refractivity contribution is 0.0224. The van der Waals surface area contributed by atoms with E-state index in [9.17, 15) is 14.4 Å². The molecule has 2 aliphatic rings. The van der Waals surface area contributed by atoms with Crippen LogP contribution in [0, 0.1) is 0 Å². The molecule has 0 unspecified atom stereocenters. The molecule has 0 bridgehead atoms. The minimum absolute atomic E-state index is 0.213. The van der Waals surface area contributed by atoms with Gasteiger partial charge in [-0.2, -0.15) is 0 Å². The van der Waals surface area contributed by atoms with Crippen molar-refractivity contribution >= 4 is 43.2 Å². The molecule has 0 radical (unpaired) electrons. The lowest BCUT2D eigenvalue weighted by Crippen LogP contribution is -2.33. The highest BCUT2D eigenvalue weighted by Gasteiger charge is 2.53. The molecule has 7 nitrogen and oxygen atoms in total. The Morgan fingerprint density at radius 1 is 0.605 bits per heavy atom. The largest absolute Gasteiger partial charge is 0.456 e. The van der Waals surface area contributed by atoms with Gasteiger partial charge in [-0.1, -0.05) is 42.5 Å². The Balaban J connectivity index is 1.31. The number of hydrogen-bond donors (Lipinski definition) is 2. The van der Waals surface area contributed by atoms with E-state index < -0.39 is 23.5 Å². The van der Waals surface area contributed by atoms with Crippen LogP contribution in [0.4, 0.5) is 0 Å². The second kappa shape index (κ2) is 10.4. The van der Waals surface area contributed by atoms with E-state index in [2.05, 4.69) is 25.3 Å². The van der Waals surface area contributed by atoms with E-state index in [1.54, 1.807) is 97.1 Å². The van der Waals surface area contributed by atoms with Gasteiger partial charge in [0.05, 0.1) is 16.7 Å². The number of thiol groups is 2. The smallest absolute Gasteiger partial charge is 0.344 e. The number of fused-ring (bicyclic) bond motifs is 6. The molecule has 210 valence electrons. The van der Waals surface area contributed by atoms with Crippen molar-refractivity contribution in [1.82, 2.24) is 0 Å². The van der Waals surface area contributed by atoms with E-state index in [4.69, 9.17) is 18.9 Å². The second-order valence-corrected chi connectivity index (χ2v) is 10.8. The molecule has 2 aliphatic heterocycles. The highest BCUT2D eigenvalue weighted by Crippen LogP contribution is 2.57. The average molecular weight is 605 g/mol. The maximum atomic E-state index is 13.1. The van der Waals surface area contributed by atoms with Gasteiger partial charge in [-0.05, 0) is 54.6 Å². The van der Waals surface area contributed by atoms with Crippen LogP contribution in [0.15, 0.2) is 119 Å². The van der Waals surface area contributed by atoms with Crippen molar-refractivity contribution in [2.45, 2.75) is 15.4 Å². The molecule has 7 rings (SSSR count). The Kier molecular flexibility index (Phi) is 6.49. The summed E-state index contributed by atoms with van der Waals surface area (Å²) < 4.78 is 23.8. The second-order valence-electron chi connectivity index (χ2n) is 9.85. The fourth-order valence-electron chi connectivity index (χ4n) is 5.38. The van der Waals surface area contributed by atoms with Crippen LogP contribution < -0.4 is 14.2 Å². The van der Waals surface area contributed by atoms with Crippen LogP contribution in [0.25, 0.3) is 0 Å². The third kappa shape index (κ3) is 4.45. The molecule has 9 heteroatoms. The predicted molar refractivity (Wildman–Crippen MR) is 162 cm³/mol. The van der Waals surface area contributed by atoms with E-state index >= 15 is 0 Å². The summed E-state index contributed by atoms with van der Waals surface area (Å²) in [5.74, 6) is -0.651. The lowest BCUT2D eigenvalue weighted by atomic mass is 9.77. The van der Waals surface area contributed by atoms with Gasteiger partial charge in [0, 0.05) is 38.6 Å². The number of hydrogen-bond acceptors (Lipinski definition) is 9. The van der Waals surface area contributed by atoms with Crippen molar-refractivity contribution in [2.24, 2.45) is 0 Å². The van der Waals surface area contributed by atoms with Crippen molar-refractivity contribution in [3.05, 3.63) is 143 Å². The first-order valence-electron chi connectivity index (χ1n) is 13.2. The Hall–Kier alpha value is -4.99. The number of carbonyl (C=O) groups is 3. The van der Waals surface area contributed by atoms with Gasteiger partial charge in [0.1, 0.15) is 23.0 Å². The summed E-state index contributed by atoms with van der Waals surface area (Å²) in [6.45, 7) is 0. The summed E-state index contributed by atoms with van der Waals surface area (Å²) in [7, 11) is 0. The standard InChI is InChI=1S/C34H20O7S2/c35-31(22-8-2-5-11-29(22)42)38-19-13-15-25-27(17-19)40-28-18-20(39-32(36)23-9-3-6-12-30(23)43)14-16-26(28)34(25)24-10-4-1-7-21(24)33(37)41-34/h1-18,42-43H. The first-order chi connectivity index (χ1) is 20.8. The minimum Gasteiger partial charge on any atom is -0.456 e. The molecule has 0 atom stereocenters. The van der Waals surface area contributed by atoms with Crippen LogP contribution in [-0.4, -0.2) is 17.9 Å². The Morgan fingerprint density at radius 3 is 1.63 bits per heavy atom. The first-order valence-corrected chi connectivity index (χ1v) is 14.0. The average Bonchev–Trinajstić information content (AvgIpc) is 3.30. The van der Waals surface area contributed by atoms with Crippen LogP contribution in [0.3, 0.4) is 0 Å². The predicted octanol–water partition coefficient (Wildman–Crippen LogP) is 7.27. The SMILES string of the molecule is O=C(Oc1ccc2c(c1)Oc1cc(OC(=O)c3ccccc3S)ccc1C21OC(=O)c2ccccc21)c1ccccc1S. The zero-order valence-corrected chi connectivity index (χ0v) is 23.9. The molecule has 0 saturated heterocycles. The summed E-state index contributed by atoms with van der Waals surface area (Å²) in [5, 5.41) is 0.